The van der Waals surface area contributed by atoms with Gasteiger partial charge in [-0.25, -0.2) is 0 Å². The van der Waals surface area contributed by atoms with Gasteiger partial charge in [0.1, 0.15) is 5.75 Å². The van der Waals surface area contributed by atoms with E-state index in [2.05, 4.69) is 17.9 Å². The van der Waals surface area contributed by atoms with Crippen molar-refractivity contribution in [3.63, 3.8) is 0 Å². The first-order chi connectivity index (χ1) is 11.6. The van der Waals surface area contributed by atoms with Gasteiger partial charge < -0.3 is 15.1 Å². The summed E-state index contributed by atoms with van der Waals surface area (Å²) in [6, 6.07) is 7.75. The fraction of sp³-hybridized carbons (Fsp3) is 0.714. The van der Waals surface area contributed by atoms with E-state index >= 15 is 0 Å². The third-order valence-electron chi connectivity index (χ3n) is 6.44. The van der Waals surface area contributed by atoms with Crippen LogP contribution < -0.4 is 0 Å². The van der Waals surface area contributed by atoms with E-state index in [1.807, 2.05) is 12.1 Å². The van der Waals surface area contributed by atoms with Gasteiger partial charge in [0.05, 0.1) is 6.10 Å². The Morgan fingerprint density at radius 3 is 2.54 bits per heavy atom. The Kier molecular flexibility index (Phi) is 5.83. The summed E-state index contributed by atoms with van der Waals surface area (Å²) in [7, 11) is 0. The number of hydrogen-bond donors (Lipinski definition) is 2. The van der Waals surface area contributed by atoms with E-state index < -0.39 is 0 Å². The summed E-state index contributed by atoms with van der Waals surface area (Å²) in [5.41, 5.74) is 1.42. The zero-order valence-corrected chi connectivity index (χ0v) is 15.1. The van der Waals surface area contributed by atoms with Gasteiger partial charge in [0, 0.05) is 6.54 Å². The second kappa shape index (κ2) is 7.88. The van der Waals surface area contributed by atoms with Crippen LogP contribution in [0.1, 0.15) is 63.9 Å². The van der Waals surface area contributed by atoms with E-state index in [4.69, 9.17) is 0 Å². The molecule has 1 atom stereocenters. The number of phenolic OH excluding ortho intramolecular Hbond substituents is 1. The minimum Gasteiger partial charge on any atom is -0.508 e. The van der Waals surface area contributed by atoms with E-state index in [9.17, 15) is 10.2 Å². The lowest BCUT2D eigenvalue weighted by atomic mass is 9.74. The van der Waals surface area contributed by atoms with Crippen molar-refractivity contribution in [2.45, 2.75) is 69.8 Å². The highest BCUT2D eigenvalue weighted by atomic mass is 16.3. The molecule has 2 N–H and O–H groups in total. The summed E-state index contributed by atoms with van der Waals surface area (Å²) < 4.78 is 0. The van der Waals surface area contributed by atoms with E-state index in [1.165, 1.54) is 37.7 Å². The van der Waals surface area contributed by atoms with Gasteiger partial charge in [0.15, 0.2) is 0 Å². The van der Waals surface area contributed by atoms with Crippen LogP contribution in [-0.2, 0) is 5.41 Å². The minimum absolute atomic E-state index is 0.107. The fourth-order valence-electron chi connectivity index (χ4n) is 4.51. The summed E-state index contributed by atoms with van der Waals surface area (Å²) >= 11 is 0. The maximum Gasteiger partial charge on any atom is 0.115 e. The number of phenols is 1. The third-order valence-corrected chi connectivity index (χ3v) is 6.44. The Balaban J connectivity index is 1.46. The topological polar surface area (TPSA) is 43.7 Å². The summed E-state index contributed by atoms with van der Waals surface area (Å²) in [5.74, 6) is 0.910. The number of aliphatic hydroxyl groups excluding tert-OH is 1. The van der Waals surface area contributed by atoms with Crippen LogP contribution in [0.3, 0.4) is 0 Å². The predicted molar refractivity (Wildman–Crippen MR) is 98.3 cm³/mol. The second-order valence-electron chi connectivity index (χ2n) is 8.21. The molecule has 2 fully saturated rings. The van der Waals surface area contributed by atoms with E-state index in [1.54, 1.807) is 6.07 Å². The van der Waals surface area contributed by atoms with Crippen LogP contribution in [0.25, 0.3) is 0 Å². The quantitative estimate of drug-likeness (QED) is 0.854. The van der Waals surface area contributed by atoms with E-state index in [-0.39, 0.29) is 11.5 Å². The van der Waals surface area contributed by atoms with Crippen LogP contribution in [0, 0.1) is 5.92 Å². The maximum absolute atomic E-state index is 10.5. The van der Waals surface area contributed by atoms with Crippen LogP contribution in [0.15, 0.2) is 24.3 Å². The molecule has 3 nitrogen and oxygen atoms in total. The number of hydrogen-bond acceptors (Lipinski definition) is 3. The van der Waals surface area contributed by atoms with Gasteiger partial charge >= 0.3 is 0 Å². The van der Waals surface area contributed by atoms with Crippen molar-refractivity contribution in [3.8, 4) is 5.75 Å². The predicted octanol–water partition coefficient (Wildman–Crippen LogP) is 4.08. The highest BCUT2D eigenvalue weighted by molar-refractivity contribution is 5.33. The van der Waals surface area contributed by atoms with Crippen molar-refractivity contribution in [3.05, 3.63) is 29.8 Å². The van der Waals surface area contributed by atoms with Crippen molar-refractivity contribution < 1.29 is 10.2 Å². The highest BCUT2D eigenvalue weighted by Gasteiger charge is 2.32. The Labute approximate surface area is 146 Å². The first-order valence-electron chi connectivity index (χ1n) is 9.77. The molecule has 3 rings (SSSR count). The summed E-state index contributed by atoms with van der Waals surface area (Å²) in [6.07, 6.45) is 9.45. The van der Waals surface area contributed by atoms with E-state index in [0.29, 0.717) is 11.7 Å². The maximum atomic E-state index is 10.5. The Hall–Kier alpha value is -1.06. The zero-order chi connectivity index (χ0) is 17.0. The van der Waals surface area contributed by atoms with Gasteiger partial charge in [-0.2, -0.15) is 0 Å². The molecule has 2 aliphatic rings. The Morgan fingerprint density at radius 2 is 1.88 bits per heavy atom. The number of nitrogens with zero attached hydrogens (tertiary/aromatic N) is 1. The van der Waals surface area contributed by atoms with Crippen LogP contribution in [0.2, 0.25) is 0 Å². The molecular formula is C21H33NO2. The SMILES string of the molecule is CC1(c2cccc(O)c2)CCN(CC[C@H](O)C2CCCCC2)CC1. The average molecular weight is 332 g/mol. The van der Waals surface area contributed by atoms with Gasteiger partial charge in [-0.05, 0) is 74.2 Å². The van der Waals surface area contributed by atoms with Crippen molar-refractivity contribution in [1.82, 2.24) is 4.90 Å². The molecule has 1 saturated carbocycles. The number of aliphatic hydroxyl groups is 1. The van der Waals surface area contributed by atoms with Crippen LogP contribution in [0.5, 0.6) is 5.75 Å². The molecular weight excluding hydrogens is 298 g/mol. The van der Waals surface area contributed by atoms with Crippen molar-refractivity contribution in [2.24, 2.45) is 5.92 Å². The molecule has 1 heterocycles. The minimum atomic E-state index is -0.107. The van der Waals surface area contributed by atoms with Crippen molar-refractivity contribution >= 4 is 0 Å². The van der Waals surface area contributed by atoms with Gasteiger partial charge in [-0.1, -0.05) is 38.3 Å². The molecule has 1 aliphatic heterocycles. The lowest BCUT2D eigenvalue weighted by Gasteiger charge is -2.40. The number of piperidine rings is 1. The molecule has 0 aromatic heterocycles. The number of aromatic hydroxyl groups is 1. The molecule has 1 aromatic carbocycles. The van der Waals surface area contributed by atoms with Crippen molar-refractivity contribution in [2.75, 3.05) is 19.6 Å². The average Bonchev–Trinajstić information content (AvgIpc) is 2.62. The standard InChI is InChI=1S/C21H33NO2/c1-21(18-8-5-9-19(23)16-18)11-14-22(15-12-21)13-10-20(24)17-6-3-2-4-7-17/h5,8-9,16-17,20,23-24H,2-4,6-7,10-15H2,1H3/t20-/m0/s1. The number of likely N-dealkylation sites (tertiary alicyclic amines) is 1. The number of rotatable bonds is 5. The van der Waals surface area contributed by atoms with Crippen LogP contribution >= 0.6 is 0 Å². The normalized spacial score (nSPS) is 23.9. The van der Waals surface area contributed by atoms with Crippen LogP contribution in [0.4, 0.5) is 0 Å². The molecule has 134 valence electrons. The van der Waals surface area contributed by atoms with Gasteiger partial charge in [-0.15, -0.1) is 0 Å². The van der Waals surface area contributed by atoms with Crippen molar-refractivity contribution in [1.29, 1.82) is 0 Å². The Morgan fingerprint density at radius 1 is 1.17 bits per heavy atom. The summed E-state index contributed by atoms with van der Waals surface area (Å²) in [4.78, 5) is 2.51. The molecule has 0 unspecified atom stereocenters. The van der Waals surface area contributed by atoms with Crippen LogP contribution in [-0.4, -0.2) is 40.9 Å². The molecule has 0 amide bonds. The highest BCUT2D eigenvalue weighted by Crippen LogP contribution is 2.36. The molecule has 0 bridgehead atoms. The smallest absolute Gasteiger partial charge is 0.115 e. The molecule has 0 radical (unpaired) electrons. The first kappa shape index (κ1) is 17.8. The monoisotopic (exact) mass is 331 g/mol. The Bertz CT molecular complexity index is 516. The van der Waals surface area contributed by atoms with Gasteiger partial charge in [-0.3, -0.25) is 0 Å². The van der Waals surface area contributed by atoms with Gasteiger partial charge in [0.25, 0.3) is 0 Å². The summed E-state index contributed by atoms with van der Waals surface area (Å²) in [6.45, 7) is 5.51. The van der Waals surface area contributed by atoms with Gasteiger partial charge in [0.2, 0.25) is 0 Å². The lowest BCUT2D eigenvalue weighted by Crippen LogP contribution is -2.42. The molecule has 1 aliphatic carbocycles. The lowest BCUT2D eigenvalue weighted by molar-refractivity contribution is 0.0595. The second-order valence-corrected chi connectivity index (χ2v) is 8.21. The summed E-state index contributed by atoms with van der Waals surface area (Å²) in [5, 5.41) is 20.2. The molecule has 0 spiro atoms. The molecule has 1 aromatic rings. The fourth-order valence-corrected chi connectivity index (χ4v) is 4.51. The van der Waals surface area contributed by atoms with E-state index in [0.717, 1.165) is 38.9 Å². The first-order valence-corrected chi connectivity index (χ1v) is 9.77. The largest absolute Gasteiger partial charge is 0.508 e. The molecule has 24 heavy (non-hydrogen) atoms. The third kappa shape index (κ3) is 4.31. The molecule has 3 heteroatoms. The molecule has 1 saturated heterocycles. The number of benzene rings is 1. The zero-order valence-electron chi connectivity index (χ0n) is 15.1.